The van der Waals surface area contributed by atoms with Crippen molar-refractivity contribution < 1.29 is 27.4 Å². The van der Waals surface area contributed by atoms with Crippen LogP contribution in [0, 0.1) is 11.3 Å². The summed E-state index contributed by atoms with van der Waals surface area (Å²) in [5, 5.41) is 11.8. The first-order valence-electron chi connectivity index (χ1n) is 10.3. The molecule has 2 heterocycles. The minimum absolute atomic E-state index is 0.127. The number of alkyl halides is 3. The number of urea groups is 1. The summed E-state index contributed by atoms with van der Waals surface area (Å²) in [5.41, 5.74) is -1.09. The minimum atomic E-state index is -4.65. The quantitative estimate of drug-likeness (QED) is 0.635. The summed E-state index contributed by atoms with van der Waals surface area (Å²) in [6.45, 7) is 1.67. The van der Waals surface area contributed by atoms with Crippen molar-refractivity contribution in [3.05, 3.63) is 53.9 Å². The third-order valence-electron chi connectivity index (χ3n) is 5.20. The maximum absolute atomic E-state index is 13.4. The Balaban J connectivity index is 1.79. The lowest BCUT2D eigenvalue weighted by atomic mass is 10.1. The van der Waals surface area contributed by atoms with Crippen molar-refractivity contribution in [3.63, 3.8) is 0 Å². The van der Waals surface area contributed by atoms with Gasteiger partial charge in [0.1, 0.15) is 12.4 Å². The van der Waals surface area contributed by atoms with Gasteiger partial charge in [-0.1, -0.05) is 0 Å². The first-order valence-corrected chi connectivity index (χ1v) is 10.3. The first kappa shape index (κ1) is 24.1. The SMILES string of the molecule is COCCNC(=O)N1CCN(c2ccc(C#N)c(C(F)(F)F)c2)CC1COc1cccnc1. The van der Waals surface area contributed by atoms with Crippen molar-refractivity contribution in [3.8, 4) is 11.8 Å². The molecule has 33 heavy (non-hydrogen) atoms. The van der Waals surface area contributed by atoms with Crippen molar-refractivity contribution >= 4 is 11.7 Å². The zero-order valence-corrected chi connectivity index (χ0v) is 18.0. The van der Waals surface area contributed by atoms with Gasteiger partial charge in [-0.25, -0.2) is 4.79 Å². The van der Waals surface area contributed by atoms with Gasteiger partial charge in [0, 0.05) is 45.2 Å². The van der Waals surface area contributed by atoms with Crippen LogP contribution in [0.25, 0.3) is 0 Å². The molecule has 0 bridgehead atoms. The number of halogens is 3. The Bertz CT molecular complexity index is 981. The van der Waals surface area contributed by atoms with Crippen molar-refractivity contribution in [2.75, 3.05) is 51.4 Å². The van der Waals surface area contributed by atoms with E-state index in [1.54, 1.807) is 40.4 Å². The number of aromatic nitrogens is 1. The van der Waals surface area contributed by atoms with E-state index >= 15 is 0 Å². The maximum Gasteiger partial charge on any atom is 0.417 e. The number of carbonyl (C=O) groups is 1. The molecule has 1 N–H and O–H groups in total. The zero-order valence-electron chi connectivity index (χ0n) is 18.0. The van der Waals surface area contributed by atoms with Gasteiger partial charge in [0.25, 0.3) is 0 Å². The number of nitriles is 1. The summed E-state index contributed by atoms with van der Waals surface area (Å²) in [7, 11) is 1.53. The number of ether oxygens (including phenoxy) is 2. The van der Waals surface area contributed by atoms with Crippen LogP contribution in [0.4, 0.5) is 23.7 Å². The minimum Gasteiger partial charge on any atom is -0.490 e. The molecular formula is C22H24F3N5O3. The Morgan fingerprint density at radius 1 is 1.33 bits per heavy atom. The van der Waals surface area contributed by atoms with E-state index in [-0.39, 0.29) is 25.7 Å². The van der Waals surface area contributed by atoms with Crippen molar-refractivity contribution in [2.45, 2.75) is 12.2 Å². The number of hydrogen-bond donors (Lipinski definition) is 1. The fraction of sp³-hybridized carbons (Fsp3) is 0.409. The third kappa shape index (κ3) is 6.26. The average molecular weight is 463 g/mol. The highest BCUT2D eigenvalue weighted by atomic mass is 19.4. The van der Waals surface area contributed by atoms with Gasteiger partial charge in [-0.2, -0.15) is 18.4 Å². The molecule has 1 atom stereocenters. The molecule has 0 spiro atoms. The summed E-state index contributed by atoms with van der Waals surface area (Å²) in [6.07, 6.45) is -1.50. The number of piperazine rings is 1. The van der Waals surface area contributed by atoms with Gasteiger partial charge in [0.2, 0.25) is 0 Å². The van der Waals surface area contributed by atoms with E-state index in [0.29, 0.717) is 31.1 Å². The summed E-state index contributed by atoms with van der Waals surface area (Å²) in [5.74, 6) is 0.520. The van der Waals surface area contributed by atoms with Gasteiger partial charge in [0.05, 0.1) is 36.0 Å². The fourth-order valence-electron chi connectivity index (χ4n) is 3.55. The molecule has 1 aliphatic heterocycles. The molecular weight excluding hydrogens is 439 g/mol. The number of rotatable bonds is 7. The lowest BCUT2D eigenvalue weighted by Crippen LogP contribution is -2.59. The van der Waals surface area contributed by atoms with E-state index < -0.39 is 23.3 Å². The largest absolute Gasteiger partial charge is 0.490 e. The van der Waals surface area contributed by atoms with Crippen LogP contribution < -0.4 is 15.0 Å². The average Bonchev–Trinajstić information content (AvgIpc) is 2.82. The molecule has 1 saturated heterocycles. The number of anilines is 1. The van der Waals surface area contributed by atoms with Crippen LogP contribution in [-0.2, 0) is 10.9 Å². The normalized spacial score (nSPS) is 16.3. The Hall–Kier alpha value is -3.52. The molecule has 1 fully saturated rings. The molecule has 2 aromatic rings. The summed E-state index contributed by atoms with van der Waals surface area (Å²) in [6, 6.07) is 7.93. The molecule has 1 aromatic heterocycles. The Morgan fingerprint density at radius 3 is 2.82 bits per heavy atom. The van der Waals surface area contributed by atoms with Crippen LogP contribution in [0.1, 0.15) is 11.1 Å². The highest BCUT2D eigenvalue weighted by molar-refractivity contribution is 5.75. The van der Waals surface area contributed by atoms with E-state index in [4.69, 9.17) is 14.7 Å². The lowest BCUT2D eigenvalue weighted by molar-refractivity contribution is -0.137. The summed E-state index contributed by atoms with van der Waals surface area (Å²) in [4.78, 5) is 20.0. The monoisotopic (exact) mass is 463 g/mol. The van der Waals surface area contributed by atoms with Crippen LogP contribution in [0.3, 0.4) is 0 Å². The number of amides is 2. The third-order valence-corrected chi connectivity index (χ3v) is 5.20. The molecule has 1 aliphatic rings. The number of carbonyl (C=O) groups excluding carboxylic acids is 1. The maximum atomic E-state index is 13.4. The zero-order chi connectivity index (χ0) is 23.8. The van der Waals surface area contributed by atoms with E-state index in [0.717, 1.165) is 6.07 Å². The van der Waals surface area contributed by atoms with Crippen LogP contribution in [0.15, 0.2) is 42.7 Å². The van der Waals surface area contributed by atoms with Gasteiger partial charge in [-0.05, 0) is 30.3 Å². The summed E-state index contributed by atoms with van der Waals surface area (Å²) >= 11 is 0. The summed E-state index contributed by atoms with van der Waals surface area (Å²) < 4.78 is 51.0. The number of benzene rings is 1. The molecule has 1 aromatic carbocycles. The standard InChI is InChI=1S/C22H24F3N5O3/c1-32-10-7-28-21(31)30-9-8-29(14-18(30)15-33-19-3-2-6-27-13-19)17-5-4-16(12-26)20(11-17)22(23,24)25/h2-6,11,13,18H,7-10,14-15H2,1H3,(H,28,31). The molecule has 0 aliphatic carbocycles. The van der Waals surface area contributed by atoms with Crippen LogP contribution in [0.5, 0.6) is 5.75 Å². The first-order chi connectivity index (χ1) is 15.8. The molecule has 8 nitrogen and oxygen atoms in total. The smallest absolute Gasteiger partial charge is 0.417 e. The molecule has 3 rings (SSSR count). The van der Waals surface area contributed by atoms with Crippen molar-refractivity contribution in [1.29, 1.82) is 5.26 Å². The number of pyridine rings is 1. The van der Waals surface area contributed by atoms with E-state index in [2.05, 4.69) is 10.3 Å². The van der Waals surface area contributed by atoms with Crippen molar-refractivity contribution in [1.82, 2.24) is 15.2 Å². The van der Waals surface area contributed by atoms with Crippen LogP contribution in [-0.4, -0.2) is 68.5 Å². The van der Waals surface area contributed by atoms with Gasteiger partial charge < -0.3 is 24.6 Å². The molecule has 0 radical (unpaired) electrons. The van der Waals surface area contributed by atoms with E-state index in [1.165, 1.54) is 19.2 Å². The van der Waals surface area contributed by atoms with Gasteiger partial charge in [0.15, 0.2) is 0 Å². The Labute approximate surface area is 189 Å². The Morgan fingerprint density at radius 2 is 2.15 bits per heavy atom. The Kier molecular flexibility index (Phi) is 7.95. The number of nitrogens with zero attached hydrogens (tertiary/aromatic N) is 4. The van der Waals surface area contributed by atoms with E-state index in [1.807, 2.05) is 0 Å². The molecule has 2 amide bonds. The molecule has 0 saturated carbocycles. The number of methoxy groups -OCH3 is 1. The topological polar surface area (TPSA) is 90.7 Å². The van der Waals surface area contributed by atoms with Crippen LogP contribution in [0.2, 0.25) is 0 Å². The second-order valence-corrected chi connectivity index (χ2v) is 7.36. The predicted molar refractivity (Wildman–Crippen MR) is 114 cm³/mol. The second kappa shape index (κ2) is 10.9. The van der Waals surface area contributed by atoms with Gasteiger partial charge in [-0.3, -0.25) is 4.98 Å². The van der Waals surface area contributed by atoms with E-state index in [9.17, 15) is 18.0 Å². The number of hydrogen-bond acceptors (Lipinski definition) is 6. The second-order valence-electron chi connectivity index (χ2n) is 7.36. The predicted octanol–water partition coefficient (Wildman–Crippen LogP) is 2.90. The molecule has 1 unspecified atom stereocenters. The molecule has 176 valence electrons. The number of nitrogens with one attached hydrogen (secondary N) is 1. The van der Waals surface area contributed by atoms with Crippen molar-refractivity contribution in [2.24, 2.45) is 0 Å². The highest BCUT2D eigenvalue weighted by Gasteiger charge is 2.36. The van der Waals surface area contributed by atoms with Gasteiger partial charge >= 0.3 is 12.2 Å². The van der Waals surface area contributed by atoms with Crippen LogP contribution >= 0.6 is 0 Å². The molecule has 11 heteroatoms. The highest BCUT2D eigenvalue weighted by Crippen LogP contribution is 2.35. The lowest BCUT2D eigenvalue weighted by Gasteiger charge is -2.42. The van der Waals surface area contributed by atoms with Gasteiger partial charge in [-0.15, -0.1) is 0 Å². The fourth-order valence-corrected chi connectivity index (χ4v) is 3.55.